The van der Waals surface area contributed by atoms with Crippen molar-refractivity contribution in [3.63, 3.8) is 0 Å². The summed E-state index contributed by atoms with van der Waals surface area (Å²) in [6, 6.07) is 17.8. The molecule has 0 fully saturated rings. The fourth-order valence-corrected chi connectivity index (χ4v) is 2.60. The lowest BCUT2D eigenvalue weighted by atomic mass is 9.97. The van der Waals surface area contributed by atoms with E-state index in [4.69, 9.17) is 4.74 Å². The minimum atomic E-state index is -0.536. The van der Waals surface area contributed by atoms with Crippen LogP contribution in [-0.4, -0.2) is 12.0 Å². The third kappa shape index (κ3) is 5.41. The number of aryl methyl sites for hydroxylation is 1. The zero-order valence-electron chi connectivity index (χ0n) is 15.0. The van der Waals surface area contributed by atoms with Crippen molar-refractivity contribution in [2.75, 3.05) is 0 Å². The smallest absolute Gasteiger partial charge is 0.261 e. The molecule has 2 aromatic carbocycles. The Bertz CT molecular complexity index is 635. The highest BCUT2D eigenvalue weighted by molar-refractivity contribution is 5.81. The first-order valence-corrected chi connectivity index (χ1v) is 8.54. The minimum Gasteiger partial charge on any atom is -0.481 e. The molecule has 0 radical (unpaired) electrons. The average molecular weight is 325 g/mol. The molecule has 0 aromatic heterocycles. The van der Waals surface area contributed by atoms with E-state index in [2.05, 4.69) is 31.3 Å². The lowest BCUT2D eigenvalue weighted by molar-refractivity contribution is -0.128. The van der Waals surface area contributed by atoms with E-state index in [1.165, 1.54) is 5.56 Å². The van der Waals surface area contributed by atoms with Crippen molar-refractivity contribution >= 4 is 5.91 Å². The van der Waals surface area contributed by atoms with Crippen LogP contribution in [0.3, 0.4) is 0 Å². The molecule has 0 saturated carbocycles. The third-order valence-corrected chi connectivity index (χ3v) is 3.93. The number of hydrogen-bond donors (Lipinski definition) is 1. The summed E-state index contributed by atoms with van der Waals surface area (Å²) in [6.45, 7) is 8.13. The average Bonchev–Trinajstić information content (AvgIpc) is 2.56. The molecule has 1 amide bonds. The van der Waals surface area contributed by atoms with E-state index in [1.54, 1.807) is 6.92 Å². The topological polar surface area (TPSA) is 38.3 Å². The summed E-state index contributed by atoms with van der Waals surface area (Å²) < 4.78 is 5.76. The van der Waals surface area contributed by atoms with Gasteiger partial charge in [-0.05, 0) is 43.9 Å². The number of carbonyl (C=O) groups excluding carboxylic acids is 1. The van der Waals surface area contributed by atoms with Gasteiger partial charge in [0.15, 0.2) is 6.10 Å². The van der Waals surface area contributed by atoms with Gasteiger partial charge in [0.2, 0.25) is 0 Å². The molecule has 0 aliphatic rings. The summed E-state index contributed by atoms with van der Waals surface area (Å²) >= 11 is 0. The lowest BCUT2D eigenvalue weighted by Crippen LogP contribution is -2.39. The van der Waals surface area contributed by atoms with Crippen molar-refractivity contribution in [2.24, 2.45) is 5.92 Å². The third-order valence-electron chi connectivity index (χ3n) is 3.93. The number of nitrogens with one attached hydrogen (secondary N) is 1. The van der Waals surface area contributed by atoms with Crippen molar-refractivity contribution in [1.29, 1.82) is 0 Å². The molecule has 3 heteroatoms. The summed E-state index contributed by atoms with van der Waals surface area (Å²) in [7, 11) is 0. The van der Waals surface area contributed by atoms with Gasteiger partial charge >= 0.3 is 0 Å². The first kappa shape index (κ1) is 18.1. The second-order valence-corrected chi connectivity index (χ2v) is 6.67. The van der Waals surface area contributed by atoms with E-state index >= 15 is 0 Å². The van der Waals surface area contributed by atoms with E-state index in [9.17, 15) is 4.79 Å². The molecule has 128 valence electrons. The van der Waals surface area contributed by atoms with Crippen LogP contribution in [0.15, 0.2) is 54.6 Å². The normalized spacial score (nSPS) is 13.4. The standard InChI is InChI=1S/C21H27NO2/c1-15(2)14-20(18-8-6-5-7-9-18)22-21(23)17(4)24-19-12-10-16(3)11-13-19/h5-13,15,17,20H,14H2,1-4H3,(H,22,23)/t17-,20-/m1/s1. The maximum Gasteiger partial charge on any atom is 0.261 e. The van der Waals surface area contributed by atoms with Gasteiger partial charge in [-0.3, -0.25) is 4.79 Å². The van der Waals surface area contributed by atoms with Gasteiger partial charge in [-0.25, -0.2) is 0 Å². The molecule has 3 nitrogen and oxygen atoms in total. The molecule has 1 N–H and O–H groups in total. The van der Waals surface area contributed by atoms with Crippen LogP contribution in [0.4, 0.5) is 0 Å². The predicted molar refractivity (Wildman–Crippen MR) is 98.0 cm³/mol. The number of rotatable bonds is 7. The van der Waals surface area contributed by atoms with Crippen LogP contribution < -0.4 is 10.1 Å². The number of hydrogen-bond acceptors (Lipinski definition) is 2. The zero-order chi connectivity index (χ0) is 17.5. The van der Waals surface area contributed by atoms with Gasteiger partial charge < -0.3 is 10.1 Å². The largest absolute Gasteiger partial charge is 0.481 e. The highest BCUT2D eigenvalue weighted by Crippen LogP contribution is 2.21. The fraction of sp³-hybridized carbons (Fsp3) is 0.381. The van der Waals surface area contributed by atoms with Crippen molar-refractivity contribution in [3.05, 3.63) is 65.7 Å². The quantitative estimate of drug-likeness (QED) is 0.803. The monoisotopic (exact) mass is 325 g/mol. The first-order chi connectivity index (χ1) is 11.5. The van der Waals surface area contributed by atoms with Gasteiger partial charge in [-0.2, -0.15) is 0 Å². The highest BCUT2D eigenvalue weighted by atomic mass is 16.5. The van der Waals surface area contributed by atoms with E-state index in [-0.39, 0.29) is 11.9 Å². The second-order valence-electron chi connectivity index (χ2n) is 6.67. The van der Waals surface area contributed by atoms with Crippen molar-refractivity contribution in [2.45, 2.75) is 46.3 Å². The predicted octanol–water partition coefficient (Wildman–Crippen LogP) is 4.67. The molecule has 24 heavy (non-hydrogen) atoms. The fourth-order valence-electron chi connectivity index (χ4n) is 2.60. The molecule has 0 bridgehead atoms. The van der Waals surface area contributed by atoms with Crippen LogP contribution >= 0.6 is 0 Å². The first-order valence-electron chi connectivity index (χ1n) is 8.54. The molecular formula is C21H27NO2. The molecule has 2 aromatic rings. The van der Waals surface area contributed by atoms with E-state index < -0.39 is 6.10 Å². The Labute approximate surface area is 145 Å². The summed E-state index contributed by atoms with van der Waals surface area (Å²) in [6.07, 6.45) is 0.360. The molecule has 2 atom stereocenters. The molecule has 0 heterocycles. The van der Waals surface area contributed by atoms with E-state index in [0.717, 1.165) is 12.0 Å². The van der Waals surface area contributed by atoms with Crippen LogP contribution in [0.1, 0.15) is 44.4 Å². The summed E-state index contributed by atoms with van der Waals surface area (Å²) in [5.41, 5.74) is 2.29. The SMILES string of the molecule is Cc1ccc(O[C@H](C)C(=O)N[C@H](CC(C)C)c2ccccc2)cc1. The Kier molecular flexibility index (Phi) is 6.42. The Morgan fingerprint density at radius 1 is 1.00 bits per heavy atom. The Balaban J connectivity index is 2.02. The van der Waals surface area contributed by atoms with Crippen molar-refractivity contribution < 1.29 is 9.53 Å². The molecule has 0 aliphatic heterocycles. The Hall–Kier alpha value is -2.29. The van der Waals surface area contributed by atoms with Crippen molar-refractivity contribution in [3.8, 4) is 5.75 Å². The number of amides is 1. The molecule has 0 saturated heterocycles. The summed E-state index contributed by atoms with van der Waals surface area (Å²) in [5.74, 6) is 1.11. The molecule has 0 aliphatic carbocycles. The highest BCUT2D eigenvalue weighted by Gasteiger charge is 2.21. The maximum atomic E-state index is 12.5. The molecule has 2 rings (SSSR count). The van der Waals surface area contributed by atoms with E-state index in [1.807, 2.05) is 49.4 Å². The van der Waals surface area contributed by atoms with Gasteiger partial charge in [-0.1, -0.05) is 61.9 Å². The molecular weight excluding hydrogens is 298 g/mol. The van der Waals surface area contributed by atoms with Crippen LogP contribution in [0.2, 0.25) is 0 Å². The Morgan fingerprint density at radius 2 is 1.62 bits per heavy atom. The number of benzene rings is 2. The number of carbonyl (C=O) groups is 1. The number of ether oxygens (including phenoxy) is 1. The van der Waals surface area contributed by atoms with Crippen molar-refractivity contribution in [1.82, 2.24) is 5.32 Å². The van der Waals surface area contributed by atoms with Gasteiger partial charge in [0.1, 0.15) is 5.75 Å². The van der Waals surface area contributed by atoms with Crippen LogP contribution in [0.5, 0.6) is 5.75 Å². The van der Waals surface area contributed by atoms with E-state index in [0.29, 0.717) is 11.7 Å². The lowest BCUT2D eigenvalue weighted by Gasteiger charge is -2.23. The Morgan fingerprint density at radius 3 is 2.21 bits per heavy atom. The molecule has 0 spiro atoms. The van der Waals surface area contributed by atoms with Gasteiger partial charge in [0.05, 0.1) is 6.04 Å². The van der Waals surface area contributed by atoms with Gasteiger partial charge in [0, 0.05) is 0 Å². The van der Waals surface area contributed by atoms with Crippen LogP contribution in [0.25, 0.3) is 0 Å². The molecule has 0 unspecified atom stereocenters. The minimum absolute atomic E-state index is 0.00256. The van der Waals surface area contributed by atoms with Gasteiger partial charge in [-0.15, -0.1) is 0 Å². The maximum absolute atomic E-state index is 12.5. The van der Waals surface area contributed by atoms with Crippen LogP contribution in [-0.2, 0) is 4.79 Å². The zero-order valence-corrected chi connectivity index (χ0v) is 15.0. The van der Waals surface area contributed by atoms with Gasteiger partial charge in [0.25, 0.3) is 5.91 Å². The second kappa shape index (κ2) is 8.53. The van der Waals surface area contributed by atoms with Crippen LogP contribution in [0, 0.1) is 12.8 Å². The summed E-state index contributed by atoms with van der Waals surface area (Å²) in [5, 5.41) is 3.13. The summed E-state index contributed by atoms with van der Waals surface area (Å²) in [4.78, 5) is 12.5.